The Morgan fingerprint density at radius 2 is 1.66 bits per heavy atom. The van der Waals surface area contributed by atoms with Gasteiger partial charge in [0.15, 0.2) is 0 Å². The molecule has 0 aliphatic carbocycles. The molecule has 2 aliphatic rings. The first kappa shape index (κ1) is 26.6. The van der Waals surface area contributed by atoms with E-state index in [2.05, 4.69) is 16.0 Å². The summed E-state index contributed by atoms with van der Waals surface area (Å²) < 4.78 is 10.4. The van der Waals surface area contributed by atoms with Gasteiger partial charge in [0.2, 0.25) is 5.91 Å². The molecule has 2 aromatic carbocycles. The molecule has 2 heterocycles. The highest BCUT2D eigenvalue weighted by Gasteiger charge is 2.50. The van der Waals surface area contributed by atoms with Crippen molar-refractivity contribution in [3.8, 4) is 11.5 Å². The summed E-state index contributed by atoms with van der Waals surface area (Å²) in [5, 5.41) is 17.6. The van der Waals surface area contributed by atoms with Gasteiger partial charge in [0, 0.05) is 18.8 Å². The van der Waals surface area contributed by atoms with E-state index < -0.39 is 29.5 Å². The fourth-order valence-corrected chi connectivity index (χ4v) is 4.92. The van der Waals surface area contributed by atoms with Crippen LogP contribution in [0.25, 0.3) is 0 Å². The number of rotatable bonds is 8. The zero-order chi connectivity index (χ0) is 27.3. The Bertz CT molecular complexity index is 1180. The smallest absolute Gasteiger partial charge is 0.328 e. The molecular formula is C26H31N5O7. The minimum atomic E-state index is -1.40. The van der Waals surface area contributed by atoms with Gasteiger partial charge in [0.1, 0.15) is 28.6 Å². The van der Waals surface area contributed by atoms with Crippen molar-refractivity contribution in [1.82, 2.24) is 20.9 Å². The average Bonchev–Trinajstić information content (AvgIpc) is 3.25. The fraction of sp³-hybridized carbons (Fsp3) is 0.385. The number of carboxylic acid groups (broad SMARTS) is 1. The monoisotopic (exact) mass is 525 g/mol. The largest absolute Gasteiger partial charge is 0.496 e. The molecule has 12 heteroatoms. The lowest BCUT2D eigenvalue weighted by atomic mass is 9.85. The Morgan fingerprint density at radius 3 is 2.24 bits per heavy atom. The molecule has 0 saturated carbocycles. The first-order valence-corrected chi connectivity index (χ1v) is 12.2. The van der Waals surface area contributed by atoms with E-state index in [0.717, 1.165) is 5.69 Å². The topological polar surface area (TPSA) is 150 Å². The van der Waals surface area contributed by atoms with Crippen LogP contribution in [0.15, 0.2) is 48.5 Å². The molecule has 0 aromatic heterocycles. The van der Waals surface area contributed by atoms with Crippen LogP contribution >= 0.6 is 0 Å². The van der Waals surface area contributed by atoms with E-state index in [1.807, 2.05) is 35.2 Å². The number of carbonyl (C=O) groups is 4. The second-order valence-electron chi connectivity index (χ2n) is 9.03. The normalized spacial score (nSPS) is 16.9. The molecule has 1 spiro atoms. The van der Waals surface area contributed by atoms with Crippen LogP contribution in [0.2, 0.25) is 0 Å². The van der Waals surface area contributed by atoms with Crippen molar-refractivity contribution >= 4 is 29.5 Å². The molecule has 202 valence electrons. The number of nitrogens with zero attached hydrogens (tertiary/aromatic N) is 2. The quantitative estimate of drug-likeness (QED) is 0.399. The molecule has 2 saturated heterocycles. The summed E-state index contributed by atoms with van der Waals surface area (Å²) in [5.74, 6) is -1.65. The molecule has 2 fully saturated rings. The molecule has 4 amide bonds. The zero-order valence-electron chi connectivity index (χ0n) is 21.2. The number of hydrogen-bond donors (Lipinski definition) is 4. The lowest BCUT2D eigenvalue weighted by Crippen LogP contribution is -2.59. The minimum Gasteiger partial charge on any atom is -0.496 e. The lowest BCUT2D eigenvalue weighted by Gasteiger charge is -2.43. The van der Waals surface area contributed by atoms with E-state index in [1.54, 1.807) is 23.1 Å². The van der Waals surface area contributed by atoms with Crippen LogP contribution in [0.4, 0.5) is 10.5 Å². The number of methoxy groups -OCH3 is 2. The molecule has 4 rings (SSSR count). The maximum atomic E-state index is 12.9. The summed E-state index contributed by atoms with van der Waals surface area (Å²) in [6, 6.07) is 12.5. The van der Waals surface area contributed by atoms with Crippen molar-refractivity contribution < 1.29 is 33.8 Å². The Morgan fingerprint density at radius 1 is 1.03 bits per heavy atom. The average molecular weight is 526 g/mol. The van der Waals surface area contributed by atoms with Crippen LogP contribution in [0.1, 0.15) is 23.2 Å². The molecular weight excluding hydrogens is 494 g/mol. The SMILES string of the molecule is COc1cccc(OC)c1C(=O)NC(CNC(=O)N1CCC2(CC1)C(=O)NCN2c1ccccc1)C(=O)O. The second-order valence-corrected chi connectivity index (χ2v) is 9.03. The first-order valence-electron chi connectivity index (χ1n) is 12.2. The summed E-state index contributed by atoms with van der Waals surface area (Å²) >= 11 is 0. The van der Waals surface area contributed by atoms with Crippen LogP contribution < -0.4 is 30.3 Å². The number of benzene rings is 2. The van der Waals surface area contributed by atoms with Gasteiger partial charge in [-0.2, -0.15) is 0 Å². The summed E-state index contributed by atoms with van der Waals surface area (Å²) in [6.45, 7) is 0.678. The van der Waals surface area contributed by atoms with Crippen LogP contribution in [-0.4, -0.2) is 85.9 Å². The van der Waals surface area contributed by atoms with Gasteiger partial charge in [0.05, 0.1) is 27.4 Å². The maximum Gasteiger partial charge on any atom is 0.328 e. The number of piperidine rings is 1. The lowest BCUT2D eigenvalue weighted by molar-refractivity contribution is -0.139. The van der Waals surface area contributed by atoms with Gasteiger partial charge in [-0.25, -0.2) is 9.59 Å². The van der Waals surface area contributed by atoms with E-state index in [9.17, 15) is 24.3 Å². The number of hydrogen-bond acceptors (Lipinski definition) is 7. The molecule has 0 bridgehead atoms. The Labute approximate surface area is 219 Å². The third-order valence-electron chi connectivity index (χ3n) is 7.00. The summed E-state index contributed by atoms with van der Waals surface area (Å²) in [5.41, 5.74) is 0.230. The van der Waals surface area contributed by atoms with Gasteiger partial charge in [-0.3, -0.25) is 9.59 Å². The molecule has 12 nitrogen and oxygen atoms in total. The van der Waals surface area contributed by atoms with Crippen molar-refractivity contribution in [1.29, 1.82) is 0 Å². The highest BCUT2D eigenvalue weighted by molar-refractivity contribution is 6.01. The number of nitrogens with one attached hydrogen (secondary N) is 3. The Balaban J connectivity index is 1.37. The Hall–Kier alpha value is -4.48. The summed E-state index contributed by atoms with van der Waals surface area (Å²) in [6.07, 6.45) is 0.849. The van der Waals surface area contributed by atoms with E-state index >= 15 is 0 Å². The third-order valence-corrected chi connectivity index (χ3v) is 7.00. The number of ether oxygens (including phenoxy) is 2. The number of carbonyl (C=O) groups excluding carboxylic acids is 3. The van der Waals surface area contributed by atoms with Crippen molar-refractivity contribution in [2.45, 2.75) is 24.4 Å². The highest BCUT2D eigenvalue weighted by Crippen LogP contribution is 2.36. The van der Waals surface area contributed by atoms with Gasteiger partial charge in [-0.1, -0.05) is 24.3 Å². The Kier molecular flexibility index (Phi) is 7.89. The molecule has 1 atom stereocenters. The number of aliphatic carboxylic acids is 1. The van der Waals surface area contributed by atoms with E-state index in [4.69, 9.17) is 9.47 Å². The molecule has 38 heavy (non-hydrogen) atoms. The number of para-hydroxylation sites is 1. The molecule has 2 aromatic rings. The van der Waals surface area contributed by atoms with Crippen LogP contribution in [0.5, 0.6) is 11.5 Å². The van der Waals surface area contributed by atoms with Crippen molar-refractivity contribution in [2.75, 3.05) is 45.4 Å². The number of likely N-dealkylation sites (tertiary alicyclic amines) is 1. The predicted octanol–water partition coefficient (Wildman–Crippen LogP) is 1.02. The van der Waals surface area contributed by atoms with Crippen molar-refractivity contribution in [3.63, 3.8) is 0 Å². The van der Waals surface area contributed by atoms with Crippen LogP contribution in [0, 0.1) is 0 Å². The van der Waals surface area contributed by atoms with E-state index in [-0.39, 0.29) is 29.5 Å². The first-order chi connectivity index (χ1) is 18.3. The predicted molar refractivity (Wildman–Crippen MR) is 137 cm³/mol. The molecule has 1 unspecified atom stereocenters. The van der Waals surface area contributed by atoms with Gasteiger partial charge in [-0.05, 0) is 37.1 Å². The van der Waals surface area contributed by atoms with Gasteiger partial charge in [0.25, 0.3) is 5.91 Å². The number of anilines is 1. The molecule has 2 aliphatic heterocycles. The van der Waals surface area contributed by atoms with Crippen LogP contribution in [0.3, 0.4) is 0 Å². The van der Waals surface area contributed by atoms with Crippen LogP contribution in [-0.2, 0) is 9.59 Å². The molecule has 4 N–H and O–H groups in total. The maximum absolute atomic E-state index is 12.9. The van der Waals surface area contributed by atoms with Crippen molar-refractivity contribution in [3.05, 3.63) is 54.1 Å². The standard InChI is InChI=1S/C26H31N5O7/c1-37-19-9-6-10-20(38-2)21(19)22(32)29-18(23(33)34)15-27-25(36)30-13-11-26(12-14-30)24(35)28-16-31(26)17-7-4-3-5-8-17/h3-10,18H,11-16H2,1-2H3,(H,27,36)(H,28,35)(H,29,32)(H,33,34). The van der Waals surface area contributed by atoms with Crippen molar-refractivity contribution in [2.24, 2.45) is 0 Å². The van der Waals surface area contributed by atoms with E-state index in [0.29, 0.717) is 32.6 Å². The van der Waals surface area contributed by atoms with E-state index in [1.165, 1.54) is 14.2 Å². The summed E-state index contributed by atoms with van der Waals surface area (Å²) in [7, 11) is 2.77. The highest BCUT2D eigenvalue weighted by atomic mass is 16.5. The number of urea groups is 1. The number of carboxylic acids is 1. The third kappa shape index (κ3) is 5.15. The molecule has 0 radical (unpaired) electrons. The number of amides is 4. The summed E-state index contributed by atoms with van der Waals surface area (Å²) in [4.78, 5) is 54.0. The second kappa shape index (κ2) is 11.3. The zero-order valence-corrected chi connectivity index (χ0v) is 21.2. The fourth-order valence-electron chi connectivity index (χ4n) is 4.92. The van der Waals surface area contributed by atoms with Gasteiger partial charge >= 0.3 is 12.0 Å². The van der Waals surface area contributed by atoms with Gasteiger partial charge < -0.3 is 40.3 Å². The minimum absolute atomic E-state index is 0.0502. The van der Waals surface area contributed by atoms with Gasteiger partial charge in [-0.15, -0.1) is 0 Å².